The highest BCUT2D eigenvalue weighted by Gasteiger charge is 2.33. The van der Waals surface area contributed by atoms with Gasteiger partial charge in [-0.15, -0.1) is 26.6 Å². The zero-order valence-corrected chi connectivity index (χ0v) is 22.9. The summed E-state index contributed by atoms with van der Waals surface area (Å²) in [7, 11) is 0. The van der Waals surface area contributed by atoms with Crippen LogP contribution in [0, 0.1) is 13.8 Å². The lowest BCUT2D eigenvalue weighted by Crippen LogP contribution is -2.31. The molecule has 10 heteroatoms. The summed E-state index contributed by atoms with van der Waals surface area (Å²) in [6, 6.07) is 5.78. The van der Waals surface area contributed by atoms with E-state index in [1.54, 1.807) is 25.8 Å². The Hall–Kier alpha value is -2.49. The van der Waals surface area contributed by atoms with Crippen molar-refractivity contribution >= 4 is 29.1 Å². The van der Waals surface area contributed by atoms with E-state index in [1.165, 1.54) is 9.88 Å². The van der Waals surface area contributed by atoms with E-state index in [2.05, 4.69) is 28.6 Å². The number of ether oxygens (including phenoxy) is 1. The van der Waals surface area contributed by atoms with Gasteiger partial charge < -0.3 is 9.57 Å². The molecule has 0 bridgehead atoms. The van der Waals surface area contributed by atoms with Gasteiger partial charge in [-0.05, 0) is 84.1 Å². The number of nitrogens with zero attached hydrogens (tertiary/aromatic N) is 5. The van der Waals surface area contributed by atoms with E-state index in [9.17, 15) is 4.79 Å². The summed E-state index contributed by atoms with van der Waals surface area (Å²) in [6.07, 6.45) is 3.48. The minimum Gasteiger partial charge on any atom is -0.427 e. The number of aryl methyl sites for hydroxylation is 2. The van der Waals surface area contributed by atoms with Gasteiger partial charge in [0.2, 0.25) is 0 Å². The van der Waals surface area contributed by atoms with Crippen molar-refractivity contribution < 1.29 is 14.4 Å². The van der Waals surface area contributed by atoms with Crippen molar-refractivity contribution in [3.8, 4) is 5.69 Å². The fraction of sp³-hybridized carbons (Fsp3) is 0.538. The fourth-order valence-electron chi connectivity index (χ4n) is 4.97. The first-order chi connectivity index (χ1) is 17.1. The van der Waals surface area contributed by atoms with Crippen LogP contribution in [0.1, 0.15) is 91.1 Å². The van der Waals surface area contributed by atoms with Gasteiger partial charge in [-0.1, -0.05) is 11.6 Å². The first-order valence-electron chi connectivity index (χ1n) is 12.4. The van der Waals surface area contributed by atoms with Crippen molar-refractivity contribution in [3.05, 3.63) is 56.0 Å². The third kappa shape index (κ3) is 5.28. The van der Waals surface area contributed by atoms with Gasteiger partial charge in [0.25, 0.3) is 0 Å². The van der Waals surface area contributed by atoms with Crippen molar-refractivity contribution in [3.63, 3.8) is 0 Å². The van der Waals surface area contributed by atoms with E-state index in [0.29, 0.717) is 29.9 Å². The number of carbonyl (C=O) groups is 1. The van der Waals surface area contributed by atoms with E-state index >= 15 is 0 Å². The first-order valence-corrected chi connectivity index (χ1v) is 13.6. The maximum atomic E-state index is 12.4. The van der Waals surface area contributed by atoms with Crippen LogP contribution in [0.4, 0.5) is 4.79 Å². The van der Waals surface area contributed by atoms with Crippen molar-refractivity contribution in [2.45, 2.75) is 90.8 Å². The number of fused-ring (bicyclic) bond motifs is 3. The highest BCUT2D eigenvalue weighted by molar-refractivity contribution is 7.11. The van der Waals surface area contributed by atoms with Crippen LogP contribution in [0.5, 0.6) is 0 Å². The van der Waals surface area contributed by atoms with E-state index in [4.69, 9.17) is 26.2 Å². The molecule has 1 saturated carbocycles. The lowest BCUT2D eigenvalue weighted by atomic mass is 9.82. The highest BCUT2D eigenvalue weighted by Crippen LogP contribution is 2.42. The summed E-state index contributed by atoms with van der Waals surface area (Å²) >= 11 is 8.18. The van der Waals surface area contributed by atoms with Gasteiger partial charge >= 0.3 is 6.16 Å². The molecule has 0 N–H and O–H groups in total. The Bertz CT molecular complexity index is 1250. The molecule has 1 aromatic carbocycles. The molecule has 0 unspecified atom stereocenters. The van der Waals surface area contributed by atoms with Crippen LogP contribution in [-0.4, -0.2) is 36.6 Å². The van der Waals surface area contributed by atoms with Gasteiger partial charge in [-0.3, -0.25) is 4.57 Å². The van der Waals surface area contributed by atoms with Crippen molar-refractivity contribution in [1.29, 1.82) is 0 Å². The molecule has 2 aromatic heterocycles. The summed E-state index contributed by atoms with van der Waals surface area (Å²) in [6.45, 7) is 10.3. The average molecular weight is 530 g/mol. The molecule has 0 saturated heterocycles. The molecule has 8 nitrogen and oxygen atoms in total. The molecule has 0 spiro atoms. The Balaban J connectivity index is 1.40. The highest BCUT2D eigenvalue weighted by atomic mass is 35.5. The minimum absolute atomic E-state index is 0.297. The molecular formula is C26H32ClN5O3S. The number of hydroxylamine groups is 2. The molecule has 36 heavy (non-hydrogen) atoms. The number of halogens is 1. The predicted octanol–water partition coefficient (Wildman–Crippen LogP) is 6.62. The van der Waals surface area contributed by atoms with Gasteiger partial charge in [0.05, 0.1) is 29.5 Å². The molecule has 0 amide bonds. The first kappa shape index (κ1) is 25.2. The van der Waals surface area contributed by atoms with Gasteiger partial charge in [0.15, 0.2) is 5.82 Å². The number of aromatic nitrogens is 4. The second-order valence-corrected chi connectivity index (χ2v) is 12.4. The van der Waals surface area contributed by atoms with E-state index in [-0.39, 0.29) is 0 Å². The SMILES string of the molecule is Cc1nc([C@H]2CC[C@H](c3nnc4n3-c3ccc(Cl)cc3CN(OC(=O)OC(C)(C)C)C4)CC2)sc1C. The lowest BCUT2D eigenvalue weighted by molar-refractivity contribution is -0.155. The number of benzene rings is 1. The summed E-state index contributed by atoms with van der Waals surface area (Å²) in [5, 5.41) is 12.6. The van der Waals surface area contributed by atoms with E-state index in [0.717, 1.165) is 54.3 Å². The molecule has 192 valence electrons. The van der Waals surface area contributed by atoms with Gasteiger partial charge in [0.1, 0.15) is 11.4 Å². The monoisotopic (exact) mass is 529 g/mol. The molecular weight excluding hydrogens is 498 g/mol. The number of thiazole rings is 1. The number of hydrogen-bond donors (Lipinski definition) is 0. The fourth-order valence-corrected chi connectivity index (χ4v) is 6.26. The van der Waals surface area contributed by atoms with Crippen molar-refractivity contribution in [1.82, 2.24) is 24.8 Å². The van der Waals surface area contributed by atoms with Gasteiger partial charge in [-0.2, -0.15) is 0 Å². The number of rotatable bonds is 3. The molecule has 5 rings (SSSR count). The summed E-state index contributed by atoms with van der Waals surface area (Å²) in [5.41, 5.74) is 2.41. The molecule has 1 aliphatic carbocycles. The van der Waals surface area contributed by atoms with E-state index in [1.807, 2.05) is 29.5 Å². The normalized spacial score (nSPS) is 20.4. The zero-order chi connectivity index (χ0) is 25.6. The standard InChI is InChI=1S/C26H32ClN5O3S/c1-15-16(2)36-24(28-15)18-8-6-17(7-9-18)23-30-29-22-14-31(35-25(33)34-26(3,4)5)13-19-12-20(27)10-11-21(19)32(22)23/h10-12,17-18H,6-9,13-14H2,1-5H3/t17-,18-. The van der Waals surface area contributed by atoms with Crippen molar-refractivity contribution in [2.24, 2.45) is 0 Å². The molecule has 0 atom stereocenters. The lowest BCUT2D eigenvalue weighted by Gasteiger charge is -2.27. The van der Waals surface area contributed by atoms with Crippen LogP contribution in [0.25, 0.3) is 5.69 Å². The largest absolute Gasteiger partial charge is 0.528 e. The topological polar surface area (TPSA) is 82.4 Å². The van der Waals surface area contributed by atoms with Crippen molar-refractivity contribution in [2.75, 3.05) is 0 Å². The molecule has 3 heterocycles. The maximum Gasteiger partial charge on any atom is 0.528 e. The average Bonchev–Trinajstić information content (AvgIpc) is 3.31. The Morgan fingerprint density at radius 1 is 1.08 bits per heavy atom. The number of carbonyl (C=O) groups excluding carboxylic acids is 1. The third-order valence-corrected chi connectivity index (χ3v) is 8.25. The van der Waals surface area contributed by atoms with Gasteiger partial charge in [-0.25, -0.2) is 9.78 Å². The second-order valence-electron chi connectivity index (χ2n) is 10.7. The zero-order valence-electron chi connectivity index (χ0n) is 21.4. The van der Waals surface area contributed by atoms with Gasteiger partial charge in [0, 0.05) is 21.7 Å². The summed E-state index contributed by atoms with van der Waals surface area (Å²) in [4.78, 5) is 24.1. The predicted molar refractivity (Wildman–Crippen MR) is 138 cm³/mol. The Morgan fingerprint density at radius 3 is 2.47 bits per heavy atom. The molecule has 1 aliphatic heterocycles. The Morgan fingerprint density at radius 2 is 1.81 bits per heavy atom. The molecule has 3 aromatic rings. The smallest absolute Gasteiger partial charge is 0.427 e. The van der Waals surface area contributed by atoms with Crippen LogP contribution in [-0.2, 0) is 22.7 Å². The van der Waals surface area contributed by atoms with E-state index < -0.39 is 11.8 Å². The third-order valence-electron chi connectivity index (χ3n) is 6.78. The van der Waals surface area contributed by atoms with Crippen LogP contribution in [0.2, 0.25) is 5.02 Å². The molecule has 0 radical (unpaired) electrons. The van der Waals surface area contributed by atoms with Crippen LogP contribution in [0.3, 0.4) is 0 Å². The molecule has 2 aliphatic rings. The maximum absolute atomic E-state index is 12.4. The minimum atomic E-state index is -0.745. The summed E-state index contributed by atoms with van der Waals surface area (Å²) < 4.78 is 7.49. The van der Waals surface area contributed by atoms with Crippen LogP contribution in [0.15, 0.2) is 18.2 Å². The molecule has 1 fully saturated rings. The number of hydrogen-bond acceptors (Lipinski definition) is 8. The Kier molecular flexibility index (Phi) is 6.82. The quantitative estimate of drug-likeness (QED) is 0.352. The Labute approximate surface area is 220 Å². The van der Waals surface area contributed by atoms with Crippen LogP contribution >= 0.6 is 22.9 Å². The second kappa shape index (κ2) is 9.76. The van der Waals surface area contributed by atoms with Crippen LogP contribution < -0.4 is 0 Å². The summed E-state index contributed by atoms with van der Waals surface area (Å²) in [5.74, 6) is 2.49.